The van der Waals surface area contributed by atoms with Crippen molar-refractivity contribution in [3.8, 4) is 0 Å². The minimum atomic E-state index is -0.298. The van der Waals surface area contributed by atoms with Crippen LogP contribution in [0.1, 0.15) is 12.0 Å². The Labute approximate surface area is 107 Å². The zero-order valence-corrected chi connectivity index (χ0v) is 11.0. The van der Waals surface area contributed by atoms with Crippen LogP contribution in [0.2, 0.25) is 0 Å². The van der Waals surface area contributed by atoms with Crippen molar-refractivity contribution < 1.29 is 5.11 Å². The van der Waals surface area contributed by atoms with Gasteiger partial charge in [0.25, 0.3) is 0 Å². The number of nitrogens with zero attached hydrogens (tertiary/aromatic N) is 4. The van der Waals surface area contributed by atoms with Gasteiger partial charge in [0.1, 0.15) is 0 Å². The molecule has 2 heterocycles. The first-order valence-corrected chi connectivity index (χ1v) is 6.20. The van der Waals surface area contributed by atoms with Crippen LogP contribution in [0.25, 0.3) is 0 Å². The van der Waals surface area contributed by atoms with E-state index in [1.807, 2.05) is 14.1 Å². The second-order valence-electron chi connectivity index (χ2n) is 5.05. The molecule has 0 radical (unpaired) electrons. The minimum absolute atomic E-state index is 0.263. The van der Waals surface area contributed by atoms with Gasteiger partial charge in [0.2, 0.25) is 5.95 Å². The van der Waals surface area contributed by atoms with Gasteiger partial charge in [-0.2, -0.15) is 0 Å². The van der Waals surface area contributed by atoms with Crippen LogP contribution >= 0.6 is 0 Å². The average Bonchev–Trinajstić information content (AvgIpc) is 2.69. The zero-order chi connectivity index (χ0) is 13.1. The summed E-state index contributed by atoms with van der Waals surface area (Å²) in [7, 11) is 4.06. The van der Waals surface area contributed by atoms with Gasteiger partial charge in [-0.05, 0) is 20.5 Å². The third kappa shape index (κ3) is 2.95. The molecule has 6 nitrogen and oxygen atoms in total. The van der Waals surface area contributed by atoms with Gasteiger partial charge in [0.05, 0.1) is 6.10 Å². The molecule has 1 aliphatic rings. The van der Waals surface area contributed by atoms with E-state index >= 15 is 0 Å². The largest absolute Gasteiger partial charge is 0.391 e. The van der Waals surface area contributed by atoms with Gasteiger partial charge in [-0.25, -0.2) is 9.97 Å². The maximum absolute atomic E-state index is 9.81. The van der Waals surface area contributed by atoms with Crippen molar-refractivity contribution >= 4 is 5.95 Å². The van der Waals surface area contributed by atoms with Crippen molar-refractivity contribution in [3.63, 3.8) is 0 Å². The van der Waals surface area contributed by atoms with E-state index in [1.54, 1.807) is 12.4 Å². The summed E-state index contributed by atoms with van der Waals surface area (Å²) in [6, 6.07) is 0.263. The smallest absolute Gasteiger partial charge is 0.225 e. The number of hydrogen-bond donors (Lipinski definition) is 2. The van der Waals surface area contributed by atoms with Crippen molar-refractivity contribution in [3.05, 3.63) is 18.0 Å². The zero-order valence-electron chi connectivity index (χ0n) is 11.0. The molecule has 1 fully saturated rings. The lowest BCUT2D eigenvalue weighted by molar-refractivity contribution is 0.191. The van der Waals surface area contributed by atoms with Gasteiger partial charge in [-0.1, -0.05) is 0 Å². The molecular formula is C12H21N5O. The molecule has 0 aliphatic carbocycles. The van der Waals surface area contributed by atoms with E-state index in [4.69, 9.17) is 5.73 Å². The Hall–Kier alpha value is -1.24. The molecule has 2 unspecified atom stereocenters. The Balaban J connectivity index is 2.13. The van der Waals surface area contributed by atoms with Gasteiger partial charge in [0, 0.05) is 43.6 Å². The summed E-state index contributed by atoms with van der Waals surface area (Å²) in [4.78, 5) is 12.8. The molecule has 0 saturated carbocycles. The van der Waals surface area contributed by atoms with Crippen LogP contribution in [0, 0.1) is 0 Å². The number of aromatic nitrogens is 2. The molecule has 3 N–H and O–H groups in total. The summed E-state index contributed by atoms with van der Waals surface area (Å²) in [6.45, 7) is 1.93. The highest BCUT2D eigenvalue weighted by atomic mass is 16.3. The molecule has 1 aliphatic heterocycles. The fourth-order valence-electron chi connectivity index (χ4n) is 2.33. The predicted octanol–water partition coefficient (Wildman–Crippen LogP) is -0.563. The maximum atomic E-state index is 9.81. The van der Waals surface area contributed by atoms with E-state index in [-0.39, 0.29) is 12.1 Å². The highest BCUT2D eigenvalue weighted by Crippen LogP contribution is 2.22. The van der Waals surface area contributed by atoms with E-state index in [0.717, 1.165) is 18.5 Å². The van der Waals surface area contributed by atoms with E-state index in [9.17, 15) is 5.11 Å². The van der Waals surface area contributed by atoms with Gasteiger partial charge in [-0.3, -0.25) is 0 Å². The van der Waals surface area contributed by atoms with Gasteiger partial charge >= 0.3 is 0 Å². The number of rotatable bonds is 4. The Bertz CT molecular complexity index is 381. The van der Waals surface area contributed by atoms with Crippen molar-refractivity contribution in [2.45, 2.75) is 25.1 Å². The second kappa shape index (κ2) is 5.60. The van der Waals surface area contributed by atoms with Crippen LogP contribution in [0.15, 0.2) is 12.4 Å². The summed E-state index contributed by atoms with van der Waals surface area (Å²) < 4.78 is 0. The first-order valence-electron chi connectivity index (χ1n) is 6.20. The number of hydrogen-bond acceptors (Lipinski definition) is 6. The van der Waals surface area contributed by atoms with Gasteiger partial charge in [0.15, 0.2) is 0 Å². The molecule has 18 heavy (non-hydrogen) atoms. The number of aliphatic hydroxyl groups is 1. The average molecular weight is 251 g/mol. The molecule has 1 aromatic heterocycles. The van der Waals surface area contributed by atoms with Crippen molar-refractivity contribution in [2.75, 3.05) is 32.1 Å². The third-order valence-corrected chi connectivity index (χ3v) is 3.15. The molecule has 0 spiro atoms. The molecule has 1 aromatic rings. The number of anilines is 1. The Morgan fingerprint density at radius 1 is 1.44 bits per heavy atom. The number of β-amino-alcohol motifs (C(OH)–C–C–N with tert-alkyl or cyclic N) is 1. The van der Waals surface area contributed by atoms with Crippen molar-refractivity contribution in [2.24, 2.45) is 5.73 Å². The fourth-order valence-corrected chi connectivity index (χ4v) is 2.33. The molecule has 100 valence electrons. The summed E-state index contributed by atoms with van der Waals surface area (Å²) >= 11 is 0. The minimum Gasteiger partial charge on any atom is -0.391 e. The van der Waals surface area contributed by atoms with Crippen molar-refractivity contribution in [1.82, 2.24) is 14.9 Å². The van der Waals surface area contributed by atoms with E-state index in [0.29, 0.717) is 19.0 Å². The normalized spacial score (nSPS) is 23.9. The van der Waals surface area contributed by atoms with E-state index in [2.05, 4.69) is 19.8 Å². The second-order valence-corrected chi connectivity index (χ2v) is 5.05. The lowest BCUT2D eigenvalue weighted by Crippen LogP contribution is -2.38. The van der Waals surface area contributed by atoms with Crippen molar-refractivity contribution in [1.29, 1.82) is 0 Å². The molecule has 6 heteroatoms. The Kier molecular flexibility index (Phi) is 4.11. The molecule has 0 bridgehead atoms. The lowest BCUT2D eigenvalue weighted by Gasteiger charge is -2.26. The van der Waals surface area contributed by atoms with Crippen LogP contribution in [-0.2, 0) is 6.54 Å². The molecule has 2 atom stereocenters. The van der Waals surface area contributed by atoms with Crippen LogP contribution in [-0.4, -0.2) is 59.3 Å². The monoisotopic (exact) mass is 251 g/mol. The van der Waals surface area contributed by atoms with Gasteiger partial charge < -0.3 is 20.6 Å². The fraction of sp³-hybridized carbons (Fsp3) is 0.667. The summed E-state index contributed by atoms with van der Waals surface area (Å²) in [5.41, 5.74) is 6.45. The molecule has 1 saturated heterocycles. The standard InChI is InChI=1S/C12H21N5O/c1-16(2)7-10-3-11(18)8-17(10)12-14-5-9(4-13)6-15-12/h5-6,10-11,18H,3-4,7-8,13H2,1-2H3. The van der Waals surface area contributed by atoms with E-state index < -0.39 is 0 Å². The summed E-state index contributed by atoms with van der Waals surface area (Å²) in [6.07, 6.45) is 3.97. The van der Waals surface area contributed by atoms with E-state index in [1.165, 1.54) is 0 Å². The number of aliphatic hydroxyl groups excluding tert-OH is 1. The Morgan fingerprint density at radius 3 is 2.67 bits per heavy atom. The molecule has 2 rings (SSSR count). The van der Waals surface area contributed by atoms with Gasteiger partial charge in [-0.15, -0.1) is 0 Å². The third-order valence-electron chi connectivity index (χ3n) is 3.15. The number of likely N-dealkylation sites (N-methyl/N-ethyl adjacent to an activating group) is 1. The highest BCUT2D eigenvalue weighted by molar-refractivity contribution is 5.34. The molecule has 0 aromatic carbocycles. The lowest BCUT2D eigenvalue weighted by atomic mass is 10.2. The van der Waals surface area contributed by atoms with Crippen LogP contribution in [0.3, 0.4) is 0 Å². The molecular weight excluding hydrogens is 230 g/mol. The Morgan fingerprint density at radius 2 is 2.11 bits per heavy atom. The summed E-state index contributed by atoms with van der Waals surface area (Å²) in [5.74, 6) is 0.676. The van der Waals surface area contributed by atoms with Crippen LogP contribution in [0.4, 0.5) is 5.95 Å². The molecule has 0 amide bonds. The topological polar surface area (TPSA) is 78.5 Å². The quantitative estimate of drug-likeness (QED) is 0.746. The predicted molar refractivity (Wildman–Crippen MR) is 70.2 cm³/mol. The van der Waals surface area contributed by atoms with Crippen LogP contribution < -0.4 is 10.6 Å². The van der Waals surface area contributed by atoms with Crippen LogP contribution in [0.5, 0.6) is 0 Å². The first-order chi connectivity index (χ1) is 8.60. The maximum Gasteiger partial charge on any atom is 0.225 e. The first kappa shape index (κ1) is 13.2. The number of nitrogens with two attached hydrogens (primary N) is 1. The SMILES string of the molecule is CN(C)CC1CC(O)CN1c1ncc(CN)cn1. The summed E-state index contributed by atoms with van der Waals surface area (Å²) in [5, 5.41) is 9.81. The highest BCUT2D eigenvalue weighted by Gasteiger charge is 2.32.